The molecule has 1 heterocycles. The second-order valence-corrected chi connectivity index (χ2v) is 4.63. The molecule has 0 radical (unpaired) electrons. The van der Waals surface area contributed by atoms with Crippen LogP contribution < -0.4 is 11.3 Å². The molecule has 0 aliphatic heterocycles. The molecule has 1 aromatic heterocycles. The van der Waals surface area contributed by atoms with E-state index in [4.69, 9.17) is 10.4 Å². The van der Waals surface area contributed by atoms with Crippen LogP contribution in [0.5, 0.6) is 0 Å². The smallest absolute Gasteiger partial charge is 0.236 e. The maximum Gasteiger partial charge on any atom is 0.236 e. The molecule has 0 saturated heterocycles. The van der Waals surface area contributed by atoms with E-state index in [1.165, 1.54) is 0 Å². The zero-order valence-corrected chi connectivity index (χ0v) is 10.1. The third-order valence-electron chi connectivity index (χ3n) is 3.58. The molecule has 1 aliphatic rings. The fourth-order valence-electron chi connectivity index (χ4n) is 2.46. The molecule has 0 atom stereocenters. The third kappa shape index (κ3) is 2.66. The van der Waals surface area contributed by atoms with Gasteiger partial charge in [0, 0.05) is 24.3 Å². The standard InChI is InChI=1S/C12H19N3O2/c1-2-10-7-11(15-17-10)8-3-5-9(6-4-8)12(16)14-13/h7-9H,2-6,13H2,1H3,(H,14,16). The van der Waals surface area contributed by atoms with Gasteiger partial charge in [0.15, 0.2) is 0 Å². The quantitative estimate of drug-likeness (QED) is 0.474. The number of carbonyl (C=O) groups excluding carboxylic acids is 1. The van der Waals surface area contributed by atoms with Crippen molar-refractivity contribution in [3.05, 3.63) is 17.5 Å². The zero-order chi connectivity index (χ0) is 12.3. The molecule has 3 N–H and O–H groups in total. The zero-order valence-electron chi connectivity index (χ0n) is 10.1. The summed E-state index contributed by atoms with van der Waals surface area (Å²) in [6, 6.07) is 2.04. The molecule has 0 spiro atoms. The van der Waals surface area contributed by atoms with Gasteiger partial charge in [0.2, 0.25) is 5.91 Å². The Morgan fingerprint density at radius 2 is 2.24 bits per heavy atom. The highest BCUT2D eigenvalue weighted by Gasteiger charge is 2.28. The minimum absolute atomic E-state index is 0.0437. The second-order valence-electron chi connectivity index (χ2n) is 4.63. The van der Waals surface area contributed by atoms with Crippen molar-refractivity contribution in [1.29, 1.82) is 0 Å². The van der Waals surface area contributed by atoms with Crippen molar-refractivity contribution in [3.63, 3.8) is 0 Å². The molecule has 94 valence electrons. The molecule has 5 heteroatoms. The van der Waals surface area contributed by atoms with Gasteiger partial charge in [-0.1, -0.05) is 12.1 Å². The molecular formula is C12H19N3O2. The first-order chi connectivity index (χ1) is 8.24. The van der Waals surface area contributed by atoms with Crippen LogP contribution in [-0.2, 0) is 11.2 Å². The molecule has 1 saturated carbocycles. The average molecular weight is 237 g/mol. The Bertz CT molecular complexity index is 381. The van der Waals surface area contributed by atoms with E-state index in [0.29, 0.717) is 5.92 Å². The van der Waals surface area contributed by atoms with Gasteiger partial charge in [0.25, 0.3) is 0 Å². The minimum atomic E-state index is -0.0437. The van der Waals surface area contributed by atoms with E-state index >= 15 is 0 Å². The lowest BCUT2D eigenvalue weighted by atomic mass is 9.80. The van der Waals surface area contributed by atoms with Gasteiger partial charge in [-0.2, -0.15) is 0 Å². The van der Waals surface area contributed by atoms with Crippen molar-refractivity contribution >= 4 is 5.91 Å². The summed E-state index contributed by atoms with van der Waals surface area (Å²) in [5.41, 5.74) is 3.27. The lowest BCUT2D eigenvalue weighted by Gasteiger charge is -2.25. The first-order valence-electron chi connectivity index (χ1n) is 6.20. The number of rotatable bonds is 3. The highest BCUT2D eigenvalue weighted by molar-refractivity contribution is 5.78. The van der Waals surface area contributed by atoms with Gasteiger partial charge in [-0.25, -0.2) is 5.84 Å². The summed E-state index contributed by atoms with van der Waals surface area (Å²) in [6.45, 7) is 2.05. The van der Waals surface area contributed by atoms with Crippen molar-refractivity contribution in [2.75, 3.05) is 0 Å². The van der Waals surface area contributed by atoms with Crippen LogP contribution in [-0.4, -0.2) is 11.1 Å². The maximum atomic E-state index is 11.4. The summed E-state index contributed by atoms with van der Waals surface area (Å²) in [6.07, 6.45) is 4.59. The molecule has 17 heavy (non-hydrogen) atoms. The van der Waals surface area contributed by atoms with Crippen LogP contribution in [0.25, 0.3) is 0 Å². The van der Waals surface area contributed by atoms with Crippen molar-refractivity contribution < 1.29 is 9.32 Å². The fraction of sp³-hybridized carbons (Fsp3) is 0.667. The topological polar surface area (TPSA) is 81.2 Å². The van der Waals surface area contributed by atoms with Gasteiger partial charge in [0.05, 0.1) is 5.69 Å². The highest BCUT2D eigenvalue weighted by atomic mass is 16.5. The van der Waals surface area contributed by atoms with Gasteiger partial charge in [0.1, 0.15) is 5.76 Å². The molecular weight excluding hydrogens is 218 g/mol. The van der Waals surface area contributed by atoms with Crippen LogP contribution in [0.2, 0.25) is 0 Å². The normalized spacial score (nSPS) is 24.6. The first-order valence-corrected chi connectivity index (χ1v) is 6.20. The predicted octanol–water partition coefficient (Wildman–Crippen LogP) is 1.50. The summed E-state index contributed by atoms with van der Waals surface area (Å²) < 4.78 is 5.21. The fourth-order valence-corrected chi connectivity index (χ4v) is 2.46. The van der Waals surface area contributed by atoms with E-state index in [2.05, 4.69) is 10.6 Å². The van der Waals surface area contributed by atoms with Crippen molar-refractivity contribution in [1.82, 2.24) is 10.6 Å². The monoisotopic (exact) mass is 237 g/mol. The number of carbonyl (C=O) groups is 1. The summed E-state index contributed by atoms with van der Waals surface area (Å²) in [4.78, 5) is 11.4. The van der Waals surface area contributed by atoms with Crippen LogP contribution in [0.3, 0.4) is 0 Å². The number of nitrogens with two attached hydrogens (primary N) is 1. The van der Waals surface area contributed by atoms with E-state index in [0.717, 1.165) is 43.6 Å². The van der Waals surface area contributed by atoms with Gasteiger partial charge >= 0.3 is 0 Å². The van der Waals surface area contributed by atoms with E-state index in [-0.39, 0.29) is 11.8 Å². The number of amides is 1. The Morgan fingerprint density at radius 1 is 1.53 bits per heavy atom. The lowest BCUT2D eigenvalue weighted by Crippen LogP contribution is -2.37. The molecule has 1 aliphatic carbocycles. The Kier molecular flexibility index (Phi) is 3.78. The Balaban J connectivity index is 1.92. The second kappa shape index (κ2) is 5.31. The van der Waals surface area contributed by atoms with Crippen LogP contribution >= 0.6 is 0 Å². The number of hydrogen-bond donors (Lipinski definition) is 2. The Morgan fingerprint density at radius 3 is 2.76 bits per heavy atom. The molecule has 1 aromatic rings. The third-order valence-corrected chi connectivity index (χ3v) is 3.58. The summed E-state index contributed by atoms with van der Waals surface area (Å²) in [5, 5.41) is 4.10. The Hall–Kier alpha value is -1.36. The van der Waals surface area contributed by atoms with Crippen molar-refractivity contribution in [3.8, 4) is 0 Å². The van der Waals surface area contributed by atoms with Crippen LogP contribution in [0, 0.1) is 5.92 Å². The molecule has 5 nitrogen and oxygen atoms in total. The number of aromatic nitrogens is 1. The van der Waals surface area contributed by atoms with Crippen molar-refractivity contribution in [2.45, 2.75) is 44.9 Å². The van der Waals surface area contributed by atoms with Crippen molar-refractivity contribution in [2.24, 2.45) is 11.8 Å². The molecule has 0 bridgehead atoms. The predicted molar refractivity (Wildman–Crippen MR) is 62.9 cm³/mol. The lowest BCUT2D eigenvalue weighted by molar-refractivity contribution is -0.126. The average Bonchev–Trinajstić information content (AvgIpc) is 2.87. The minimum Gasteiger partial charge on any atom is -0.361 e. The van der Waals surface area contributed by atoms with Gasteiger partial charge in [-0.3, -0.25) is 10.2 Å². The van der Waals surface area contributed by atoms with Gasteiger partial charge in [-0.15, -0.1) is 0 Å². The number of nitrogens with one attached hydrogen (secondary N) is 1. The maximum absolute atomic E-state index is 11.4. The number of hydrazine groups is 1. The summed E-state index contributed by atoms with van der Waals surface area (Å²) in [7, 11) is 0. The summed E-state index contributed by atoms with van der Waals surface area (Å²) in [5.74, 6) is 6.53. The Labute approximate surface area is 101 Å². The molecule has 0 unspecified atom stereocenters. The number of aryl methyl sites for hydroxylation is 1. The van der Waals surface area contributed by atoms with Gasteiger partial charge < -0.3 is 4.52 Å². The van der Waals surface area contributed by atoms with E-state index < -0.39 is 0 Å². The largest absolute Gasteiger partial charge is 0.361 e. The molecule has 1 fully saturated rings. The SMILES string of the molecule is CCc1cc(C2CCC(C(=O)NN)CC2)no1. The molecule has 0 aromatic carbocycles. The van der Waals surface area contributed by atoms with Gasteiger partial charge in [-0.05, 0) is 25.7 Å². The van der Waals surface area contributed by atoms with E-state index in [1.54, 1.807) is 0 Å². The highest BCUT2D eigenvalue weighted by Crippen LogP contribution is 2.35. The molecule has 1 amide bonds. The van der Waals surface area contributed by atoms with Crippen LogP contribution in [0.1, 0.15) is 50.0 Å². The van der Waals surface area contributed by atoms with Crippen LogP contribution in [0.15, 0.2) is 10.6 Å². The van der Waals surface area contributed by atoms with Crippen LogP contribution in [0.4, 0.5) is 0 Å². The first kappa shape index (κ1) is 12.1. The van der Waals surface area contributed by atoms with E-state index in [1.807, 2.05) is 13.0 Å². The molecule has 2 rings (SSSR count). The number of nitrogens with zero attached hydrogens (tertiary/aromatic N) is 1. The van der Waals surface area contributed by atoms with E-state index in [9.17, 15) is 4.79 Å². The summed E-state index contributed by atoms with van der Waals surface area (Å²) >= 11 is 0. The number of hydrogen-bond acceptors (Lipinski definition) is 4.